The lowest BCUT2D eigenvalue weighted by Gasteiger charge is -2.27. The van der Waals surface area contributed by atoms with E-state index in [2.05, 4.69) is 32.0 Å². The molecule has 0 unspecified atom stereocenters. The first kappa shape index (κ1) is 17.7. The second-order valence-electron chi connectivity index (χ2n) is 5.34. The normalized spacial score (nSPS) is 10.4. The molecule has 1 aromatic carbocycles. The third kappa shape index (κ3) is 4.58. The molecule has 0 saturated heterocycles. The highest BCUT2D eigenvalue weighted by Gasteiger charge is 2.20. The Morgan fingerprint density at radius 1 is 1.29 bits per heavy atom. The fraction of sp³-hybridized carbons (Fsp3) is 0.471. The molecule has 0 radical (unpaired) electrons. The van der Waals surface area contributed by atoms with Gasteiger partial charge in [-0.25, -0.2) is 0 Å². The van der Waals surface area contributed by atoms with E-state index in [1.165, 1.54) is 5.56 Å². The number of benzene rings is 1. The first-order chi connectivity index (χ1) is 9.92. The summed E-state index contributed by atoms with van der Waals surface area (Å²) in [6.45, 7) is 9.11. The maximum Gasteiger partial charge on any atom is 0.242 e. The lowest BCUT2D eigenvalue weighted by Crippen LogP contribution is -2.34. The van der Waals surface area contributed by atoms with Gasteiger partial charge in [-0.05, 0) is 33.3 Å². The SMILES string of the molecule is COCCN(C(=O)CCl)C(=C(C)C)c1ccc(C)cc1C. The summed E-state index contributed by atoms with van der Waals surface area (Å²) in [6, 6.07) is 6.25. The molecule has 0 heterocycles. The molecule has 0 bridgehead atoms. The van der Waals surface area contributed by atoms with E-state index in [0.29, 0.717) is 13.2 Å². The number of nitrogens with zero attached hydrogens (tertiary/aromatic N) is 1. The van der Waals surface area contributed by atoms with Crippen molar-refractivity contribution in [1.82, 2.24) is 4.90 Å². The number of methoxy groups -OCH3 is 1. The van der Waals surface area contributed by atoms with Crippen LogP contribution in [0.15, 0.2) is 23.8 Å². The number of carbonyl (C=O) groups is 1. The van der Waals surface area contributed by atoms with Crippen LogP contribution >= 0.6 is 11.6 Å². The molecule has 21 heavy (non-hydrogen) atoms. The van der Waals surface area contributed by atoms with E-state index >= 15 is 0 Å². The van der Waals surface area contributed by atoms with Gasteiger partial charge in [-0.1, -0.05) is 29.3 Å². The molecule has 0 fully saturated rings. The van der Waals surface area contributed by atoms with Gasteiger partial charge in [0.05, 0.1) is 6.61 Å². The zero-order valence-corrected chi connectivity index (χ0v) is 14.3. The summed E-state index contributed by atoms with van der Waals surface area (Å²) in [6.07, 6.45) is 0. The summed E-state index contributed by atoms with van der Waals surface area (Å²) in [5.74, 6) is -0.143. The molecule has 4 heteroatoms. The first-order valence-corrected chi connectivity index (χ1v) is 7.56. The smallest absolute Gasteiger partial charge is 0.242 e. The van der Waals surface area contributed by atoms with Crippen molar-refractivity contribution in [3.63, 3.8) is 0 Å². The highest BCUT2D eigenvalue weighted by molar-refractivity contribution is 6.27. The molecule has 0 aliphatic heterocycles. The van der Waals surface area contributed by atoms with Crippen LogP contribution in [0, 0.1) is 13.8 Å². The fourth-order valence-electron chi connectivity index (χ4n) is 2.38. The quantitative estimate of drug-likeness (QED) is 0.749. The van der Waals surface area contributed by atoms with Crippen LogP contribution in [0.2, 0.25) is 0 Å². The Hall–Kier alpha value is -1.32. The highest BCUT2D eigenvalue weighted by atomic mass is 35.5. The van der Waals surface area contributed by atoms with E-state index in [1.807, 2.05) is 13.8 Å². The number of alkyl halides is 1. The predicted molar refractivity (Wildman–Crippen MR) is 88.5 cm³/mol. The number of halogens is 1. The molecule has 0 N–H and O–H groups in total. The van der Waals surface area contributed by atoms with Gasteiger partial charge in [-0.3, -0.25) is 4.79 Å². The Labute approximate surface area is 132 Å². The van der Waals surface area contributed by atoms with Crippen molar-refractivity contribution >= 4 is 23.2 Å². The average molecular weight is 310 g/mol. The Morgan fingerprint density at radius 3 is 2.43 bits per heavy atom. The summed E-state index contributed by atoms with van der Waals surface area (Å²) in [5.41, 5.74) is 5.43. The van der Waals surface area contributed by atoms with Gasteiger partial charge in [0.2, 0.25) is 5.91 Å². The van der Waals surface area contributed by atoms with Crippen LogP contribution in [0.4, 0.5) is 0 Å². The molecule has 0 aromatic heterocycles. The van der Waals surface area contributed by atoms with Crippen molar-refractivity contribution in [2.75, 3.05) is 26.1 Å². The molecule has 0 spiro atoms. The Kier molecular flexibility index (Phi) is 6.93. The maximum absolute atomic E-state index is 12.2. The van der Waals surface area contributed by atoms with E-state index < -0.39 is 0 Å². The number of amides is 1. The van der Waals surface area contributed by atoms with Crippen molar-refractivity contribution in [2.24, 2.45) is 0 Å². The minimum absolute atomic E-state index is 0.0363. The number of hydrogen-bond acceptors (Lipinski definition) is 2. The van der Waals surface area contributed by atoms with Gasteiger partial charge in [-0.2, -0.15) is 0 Å². The first-order valence-electron chi connectivity index (χ1n) is 7.02. The zero-order valence-electron chi connectivity index (χ0n) is 13.5. The third-order valence-electron chi connectivity index (χ3n) is 3.31. The molecule has 0 aliphatic rings. The number of hydrogen-bond donors (Lipinski definition) is 0. The minimum atomic E-state index is -0.107. The zero-order chi connectivity index (χ0) is 16.0. The number of rotatable bonds is 6. The van der Waals surface area contributed by atoms with Crippen LogP contribution in [0.5, 0.6) is 0 Å². The standard InChI is InChI=1S/C17H24ClNO2/c1-12(2)17(15-7-6-13(3)10-14(15)4)19(8-9-21-5)16(20)11-18/h6-7,10H,8-9,11H2,1-5H3. The summed E-state index contributed by atoms with van der Waals surface area (Å²) in [4.78, 5) is 13.9. The van der Waals surface area contributed by atoms with Crippen LogP contribution in [-0.4, -0.2) is 36.9 Å². The van der Waals surface area contributed by atoms with Gasteiger partial charge in [-0.15, -0.1) is 11.6 Å². The molecule has 1 amide bonds. The second-order valence-corrected chi connectivity index (χ2v) is 5.61. The molecule has 1 rings (SSSR count). The summed E-state index contributed by atoms with van der Waals surface area (Å²) in [5, 5.41) is 0. The predicted octanol–water partition coefficient (Wildman–Crippen LogP) is 3.77. The third-order valence-corrected chi connectivity index (χ3v) is 3.54. The number of aryl methyl sites for hydroxylation is 2. The van der Waals surface area contributed by atoms with E-state index in [0.717, 1.165) is 22.4 Å². The molecule has 116 valence electrons. The van der Waals surface area contributed by atoms with E-state index in [1.54, 1.807) is 12.0 Å². The monoisotopic (exact) mass is 309 g/mol. The summed E-state index contributed by atoms with van der Waals surface area (Å²) >= 11 is 5.77. The van der Waals surface area contributed by atoms with E-state index in [9.17, 15) is 4.79 Å². The van der Waals surface area contributed by atoms with Crippen molar-refractivity contribution in [3.05, 3.63) is 40.5 Å². The van der Waals surface area contributed by atoms with Crippen molar-refractivity contribution in [3.8, 4) is 0 Å². The topological polar surface area (TPSA) is 29.5 Å². The van der Waals surface area contributed by atoms with Gasteiger partial charge in [0.25, 0.3) is 0 Å². The van der Waals surface area contributed by atoms with Crippen molar-refractivity contribution in [2.45, 2.75) is 27.7 Å². The molecular formula is C17H24ClNO2. The number of allylic oxidation sites excluding steroid dienone is 1. The van der Waals surface area contributed by atoms with Gasteiger partial charge in [0, 0.05) is 24.9 Å². The van der Waals surface area contributed by atoms with Crippen LogP contribution in [-0.2, 0) is 9.53 Å². The van der Waals surface area contributed by atoms with Crippen LogP contribution in [0.1, 0.15) is 30.5 Å². The van der Waals surface area contributed by atoms with Crippen molar-refractivity contribution < 1.29 is 9.53 Å². The lowest BCUT2D eigenvalue weighted by atomic mass is 9.99. The highest BCUT2D eigenvalue weighted by Crippen LogP contribution is 2.27. The van der Waals surface area contributed by atoms with E-state index in [-0.39, 0.29) is 11.8 Å². The van der Waals surface area contributed by atoms with Gasteiger partial charge in [0.1, 0.15) is 5.88 Å². The molecule has 1 aromatic rings. The molecule has 0 saturated carbocycles. The molecule has 0 atom stereocenters. The van der Waals surface area contributed by atoms with Crippen molar-refractivity contribution in [1.29, 1.82) is 0 Å². The number of ether oxygens (including phenoxy) is 1. The Balaban J connectivity index is 3.32. The van der Waals surface area contributed by atoms with Crippen LogP contribution in [0.25, 0.3) is 5.70 Å². The second kappa shape index (κ2) is 8.20. The summed E-state index contributed by atoms with van der Waals surface area (Å²) < 4.78 is 5.12. The lowest BCUT2D eigenvalue weighted by molar-refractivity contribution is -0.125. The average Bonchev–Trinajstić information content (AvgIpc) is 2.43. The van der Waals surface area contributed by atoms with Gasteiger partial charge < -0.3 is 9.64 Å². The number of carbonyl (C=O) groups excluding carboxylic acids is 1. The summed E-state index contributed by atoms with van der Waals surface area (Å²) in [7, 11) is 1.63. The van der Waals surface area contributed by atoms with Gasteiger partial charge >= 0.3 is 0 Å². The largest absolute Gasteiger partial charge is 0.383 e. The minimum Gasteiger partial charge on any atom is -0.383 e. The fourth-order valence-corrected chi connectivity index (χ4v) is 2.52. The molecule has 0 aliphatic carbocycles. The maximum atomic E-state index is 12.2. The van der Waals surface area contributed by atoms with E-state index in [4.69, 9.17) is 16.3 Å². The van der Waals surface area contributed by atoms with Gasteiger partial charge in [0.15, 0.2) is 0 Å². The molecule has 3 nitrogen and oxygen atoms in total. The Morgan fingerprint density at radius 2 is 1.95 bits per heavy atom. The van der Waals surface area contributed by atoms with Crippen LogP contribution < -0.4 is 0 Å². The Bertz CT molecular complexity index is 534. The van der Waals surface area contributed by atoms with Crippen LogP contribution in [0.3, 0.4) is 0 Å². The molecular weight excluding hydrogens is 286 g/mol.